The van der Waals surface area contributed by atoms with Crippen LogP contribution in [0.5, 0.6) is 5.75 Å². The number of nitrogens with zero attached hydrogens (tertiary/aromatic N) is 1. The van der Waals surface area contributed by atoms with Crippen LogP contribution in [0.1, 0.15) is 35.5 Å². The van der Waals surface area contributed by atoms with Gasteiger partial charge in [0.05, 0.1) is 11.6 Å². The number of benzene rings is 2. The van der Waals surface area contributed by atoms with Crippen LogP contribution >= 0.6 is 15.9 Å². The molecule has 2 aromatic carbocycles. The SMILES string of the molecule is C=CCOc1cccc(C2C(C(=O)c3cc4cc(Br)ccc4o3)=C(O)C(=O)N2CCC)c1. The first kappa shape index (κ1) is 21.9. The van der Waals surface area contributed by atoms with E-state index in [9.17, 15) is 14.7 Å². The molecule has 0 radical (unpaired) electrons. The number of hydrogen-bond acceptors (Lipinski definition) is 5. The number of rotatable bonds is 8. The van der Waals surface area contributed by atoms with Gasteiger partial charge in [-0.3, -0.25) is 9.59 Å². The molecule has 1 atom stereocenters. The molecule has 0 saturated carbocycles. The van der Waals surface area contributed by atoms with Gasteiger partial charge in [0.2, 0.25) is 5.78 Å². The Morgan fingerprint density at radius 2 is 2.09 bits per heavy atom. The van der Waals surface area contributed by atoms with Crippen molar-refractivity contribution in [3.05, 3.63) is 88.3 Å². The average Bonchev–Trinajstić information content (AvgIpc) is 3.32. The normalized spacial score (nSPS) is 16.1. The van der Waals surface area contributed by atoms with Gasteiger partial charge < -0.3 is 19.2 Å². The maximum atomic E-state index is 13.5. The summed E-state index contributed by atoms with van der Waals surface area (Å²) < 4.78 is 12.2. The molecule has 0 saturated heterocycles. The van der Waals surface area contributed by atoms with Crippen LogP contribution in [-0.2, 0) is 4.79 Å². The Morgan fingerprint density at radius 3 is 2.84 bits per heavy atom. The van der Waals surface area contributed by atoms with Gasteiger partial charge in [0.25, 0.3) is 5.91 Å². The summed E-state index contributed by atoms with van der Waals surface area (Å²) in [6.07, 6.45) is 2.30. The third-order valence-electron chi connectivity index (χ3n) is 5.26. The highest BCUT2D eigenvalue weighted by Gasteiger charge is 2.44. The monoisotopic (exact) mass is 495 g/mol. The number of fused-ring (bicyclic) bond motifs is 1. The van der Waals surface area contributed by atoms with Crippen molar-refractivity contribution in [2.24, 2.45) is 0 Å². The van der Waals surface area contributed by atoms with E-state index in [1.807, 2.05) is 25.1 Å². The quantitative estimate of drug-likeness (QED) is 0.318. The second-order valence-electron chi connectivity index (χ2n) is 7.46. The van der Waals surface area contributed by atoms with E-state index in [2.05, 4.69) is 22.5 Å². The van der Waals surface area contributed by atoms with Crippen LogP contribution in [0.15, 0.2) is 81.4 Å². The molecule has 0 fully saturated rings. The summed E-state index contributed by atoms with van der Waals surface area (Å²) in [5.41, 5.74) is 1.21. The van der Waals surface area contributed by atoms with E-state index in [4.69, 9.17) is 9.15 Å². The van der Waals surface area contributed by atoms with Gasteiger partial charge in [0.1, 0.15) is 17.9 Å². The first-order valence-electron chi connectivity index (χ1n) is 10.3. The van der Waals surface area contributed by atoms with Crippen LogP contribution in [0, 0.1) is 0 Å². The summed E-state index contributed by atoms with van der Waals surface area (Å²) in [5.74, 6) is -0.999. The number of hydrogen-bond donors (Lipinski definition) is 1. The van der Waals surface area contributed by atoms with E-state index in [0.717, 1.165) is 9.86 Å². The molecule has 1 aliphatic heterocycles. The maximum Gasteiger partial charge on any atom is 0.290 e. The summed E-state index contributed by atoms with van der Waals surface area (Å²) in [6.45, 7) is 6.29. The Hall–Kier alpha value is -3.32. The number of halogens is 1. The first-order valence-corrected chi connectivity index (χ1v) is 11.1. The standard InChI is InChI=1S/C25H22BrNO5/c1-3-10-27-22(15-6-5-7-18(13-15)31-11-4-2)21(24(29)25(27)30)23(28)20-14-16-12-17(26)8-9-19(16)32-20/h4-9,12-14,22,29H,2-3,10-11H2,1H3. The number of furan rings is 1. The van der Waals surface area contributed by atoms with Gasteiger partial charge in [-0.25, -0.2) is 0 Å². The number of aliphatic hydroxyl groups excluding tert-OH is 1. The van der Waals surface area contributed by atoms with Gasteiger partial charge in [-0.05, 0) is 48.4 Å². The summed E-state index contributed by atoms with van der Waals surface area (Å²) in [4.78, 5) is 27.9. The lowest BCUT2D eigenvalue weighted by molar-refractivity contribution is -0.129. The number of ketones is 1. The fourth-order valence-corrected chi connectivity index (χ4v) is 4.27. The molecule has 0 bridgehead atoms. The van der Waals surface area contributed by atoms with Gasteiger partial charge in [-0.1, -0.05) is 47.6 Å². The van der Waals surface area contributed by atoms with Crippen molar-refractivity contribution in [3.8, 4) is 5.75 Å². The molecule has 1 aliphatic rings. The second-order valence-corrected chi connectivity index (χ2v) is 8.37. The second kappa shape index (κ2) is 9.04. The molecule has 1 unspecified atom stereocenters. The predicted molar refractivity (Wildman–Crippen MR) is 125 cm³/mol. The van der Waals surface area contributed by atoms with Gasteiger partial charge in [0, 0.05) is 16.4 Å². The zero-order valence-electron chi connectivity index (χ0n) is 17.5. The summed E-state index contributed by atoms with van der Waals surface area (Å²) in [6, 6.07) is 13.4. The fourth-order valence-electron chi connectivity index (χ4n) is 3.89. The Balaban J connectivity index is 1.79. The molecule has 3 aromatic rings. The Labute approximate surface area is 193 Å². The Bertz CT molecular complexity index is 1240. The summed E-state index contributed by atoms with van der Waals surface area (Å²) in [5, 5.41) is 11.5. The van der Waals surface area contributed by atoms with Crippen molar-refractivity contribution >= 4 is 38.6 Å². The van der Waals surface area contributed by atoms with Gasteiger partial charge >= 0.3 is 0 Å². The van der Waals surface area contributed by atoms with Gasteiger partial charge in [0.15, 0.2) is 11.5 Å². The maximum absolute atomic E-state index is 13.5. The van der Waals surface area contributed by atoms with Crippen molar-refractivity contribution in [1.82, 2.24) is 4.90 Å². The average molecular weight is 496 g/mol. The van der Waals surface area contributed by atoms with Gasteiger partial charge in [-0.2, -0.15) is 0 Å². The Kier molecular flexibility index (Phi) is 6.19. The minimum atomic E-state index is -0.748. The lowest BCUT2D eigenvalue weighted by Crippen LogP contribution is -2.31. The van der Waals surface area contributed by atoms with Crippen LogP contribution in [-0.4, -0.2) is 34.8 Å². The molecule has 0 spiro atoms. The molecule has 2 heterocycles. The molecule has 7 heteroatoms. The number of Topliss-reactive ketones (excluding diaryl/α,β-unsaturated/α-hetero) is 1. The molecule has 32 heavy (non-hydrogen) atoms. The van der Waals surface area contributed by atoms with Crippen LogP contribution in [0.25, 0.3) is 11.0 Å². The summed E-state index contributed by atoms with van der Waals surface area (Å²) >= 11 is 3.41. The minimum Gasteiger partial charge on any atom is -0.503 e. The van der Waals surface area contributed by atoms with Crippen LogP contribution in [0.4, 0.5) is 0 Å². The molecule has 6 nitrogen and oxygen atoms in total. The predicted octanol–water partition coefficient (Wildman–Crippen LogP) is 5.75. The van der Waals surface area contributed by atoms with E-state index >= 15 is 0 Å². The van der Waals surface area contributed by atoms with Crippen LogP contribution < -0.4 is 4.74 Å². The smallest absolute Gasteiger partial charge is 0.290 e. The van der Waals surface area contributed by atoms with E-state index in [0.29, 0.717) is 36.5 Å². The molecule has 1 aromatic heterocycles. The van der Waals surface area contributed by atoms with Crippen LogP contribution in [0.2, 0.25) is 0 Å². The van der Waals surface area contributed by atoms with Crippen molar-refractivity contribution in [3.63, 3.8) is 0 Å². The van der Waals surface area contributed by atoms with Crippen molar-refractivity contribution in [1.29, 1.82) is 0 Å². The molecule has 164 valence electrons. The van der Waals surface area contributed by atoms with Crippen molar-refractivity contribution in [2.45, 2.75) is 19.4 Å². The zero-order valence-corrected chi connectivity index (χ0v) is 19.1. The van der Waals surface area contributed by atoms with Gasteiger partial charge in [-0.15, -0.1) is 0 Å². The highest BCUT2D eigenvalue weighted by Crippen LogP contribution is 2.40. The number of aliphatic hydroxyl groups is 1. The third-order valence-corrected chi connectivity index (χ3v) is 5.75. The molecule has 4 rings (SSSR count). The molecule has 0 aliphatic carbocycles. The van der Waals surface area contributed by atoms with Crippen molar-refractivity contribution in [2.75, 3.05) is 13.2 Å². The topological polar surface area (TPSA) is 80.0 Å². The number of carbonyl (C=O) groups is 2. The minimum absolute atomic E-state index is 0.00226. The molecule has 1 amide bonds. The molecular formula is C25H22BrNO5. The lowest BCUT2D eigenvalue weighted by Gasteiger charge is -2.26. The van der Waals surface area contributed by atoms with E-state index in [1.54, 1.807) is 36.4 Å². The highest BCUT2D eigenvalue weighted by atomic mass is 79.9. The largest absolute Gasteiger partial charge is 0.503 e. The van der Waals surface area contributed by atoms with E-state index in [1.165, 1.54) is 4.90 Å². The molecule has 1 N–H and O–H groups in total. The lowest BCUT2D eigenvalue weighted by atomic mass is 9.94. The number of ether oxygens (including phenoxy) is 1. The number of amides is 1. The first-order chi connectivity index (χ1) is 15.4. The molecular weight excluding hydrogens is 474 g/mol. The van der Waals surface area contributed by atoms with E-state index in [-0.39, 0.29) is 11.3 Å². The fraction of sp³-hybridized carbons (Fsp3) is 0.200. The zero-order chi connectivity index (χ0) is 22.8. The van der Waals surface area contributed by atoms with E-state index < -0.39 is 23.5 Å². The summed E-state index contributed by atoms with van der Waals surface area (Å²) in [7, 11) is 0. The highest BCUT2D eigenvalue weighted by molar-refractivity contribution is 9.10. The van der Waals surface area contributed by atoms with Crippen molar-refractivity contribution < 1.29 is 23.8 Å². The third kappa shape index (κ3) is 3.96. The van der Waals surface area contributed by atoms with Crippen LogP contribution in [0.3, 0.4) is 0 Å². The number of carbonyl (C=O) groups excluding carboxylic acids is 2. The Morgan fingerprint density at radius 1 is 1.28 bits per heavy atom.